The summed E-state index contributed by atoms with van der Waals surface area (Å²) < 4.78 is 10.7. The molecule has 8 heteroatoms. The van der Waals surface area contributed by atoms with Crippen molar-refractivity contribution in [3.8, 4) is 11.5 Å². The van der Waals surface area contributed by atoms with Crippen LogP contribution in [0.5, 0.6) is 11.5 Å². The number of rotatable bonds is 6. The number of allylic oxidation sites excluding steroid dienone is 3. The quantitative estimate of drug-likeness (QED) is 0.187. The number of nitro benzene ring substituents is 1. The summed E-state index contributed by atoms with van der Waals surface area (Å²) in [5.74, 6) is -0.820. The molecule has 6 rings (SSSR count). The van der Waals surface area contributed by atoms with E-state index in [9.17, 15) is 19.7 Å². The molecule has 0 spiro atoms. The monoisotopic (exact) mass is 522 g/mol. The fourth-order valence-corrected chi connectivity index (χ4v) is 6.30. The van der Waals surface area contributed by atoms with Gasteiger partial charge in [0.15, 0.2) is 0 Å². The van der Waals surface area contributed by atoms with Crippen LogP contribution < -0.4 is 14.4 Å². The topological polar surface area (TPSA) is 99.0 Å². The number of hydrogen-bond donors (Lipinski definition) is 0. The van der Waals surface area contributed by atoms with E-state index in [1.54, 1.807) is 33.3 Å². The molecule has 196 valence electrons. The molecule has 2 amide bonds. The van der Waals surface area contributed by atoms with Crippen LogP contribution in [0.1, 0.15) is 16.7 Å². The summed E-state index contributed by atoms with van der Waals surface area (Å²) in [6.45, 7) is 1.63. The molecular weight excluding hydrogens is 496 g/mol. The molecule has 0 N–H and O–H groups in total. The lowest BCUT2D eigenvalue weighted by atomic mass is 9.85. The minimum absolute atomic E-state index is 0.117. The second kappa shape index (κ2) is 9.23. The van der Waals surface area contributed by atoms with Crippen LogP contribution in [0.15, 0.2) is 84.5 Å². The first-order valence-electron chi connectivity index (χ1n) is 12.7. The second-order valence-electron chi connectivity index (χ2n) is 10.0. The number of hydrogen-bond acceptors (Lipinski definition) is 6. The molecule has 2 aliphatic carbocycles. The number of benzene rings is 3. The Labute approximate surface area is 225 Å². The maximum absolute atomic E-state index is 13.8. The van der Waals surface area contributed by atoms with Crippen LogP contribution in [0.2, 0.25) is 0 Å². The van der Waals surface area contributed by atoms with Gasteiger partial charge in [0.05, 0.1) is 36.7 Å². The minimum Gasteiger partial charge on any atom is -0.497 e. The van der Waals surface area contributed by atoms with Crippen molar-refractivity contribution in [2.45, 2.75) is 6.92 Å². The van der Waals surface area contributed by atoms with E-state index >= 15 is 0 Å². The van der Waals surface area contributed by atoms with Gasteiger partial charge in [0.1, 0.15) is 11.5 Å². The van der Waals surface area contributed by atoms with Gasteiger partial charge in [0.25, 0.3) is 5.69 Å². The van der Waals surface area contributed by atoms with E-state index in [0.717, 1.165) is 38.7 Å². The zero-order valence-corrected chi connectivity index (χ0v) is 21.7. The fourth-order valence-electron chi connectivity index (χ4n) is 6.30. The van der Waals surface area contributed by atoms with Gasteiger partial charge in [-0.1, -0.05) is 42.5 Å². The highest BCUT2D eigenvalue weighted by Crippen LogP contribution is 2.59. The molecule has 3 aromatic rings. The van der Waals surface area contributed by atoms with Crippen molar-refractivity contribution >= 4 is 28.8 Å². The highest BCUT2D eigenvalue weighted by atomic mass is 16.6. The molecule has 1 saturated heterocycles. The molecule has 4 atom stereocenters. The number of amides is 2. The zero-order valence-electron chi connectivity index (χ0n) is 21.7. The largest absolute Gasteiger partial charge is 0.497 e. The Hall–Kier alpha value is -4.72. The number of imide groups is 1. The van der Waals surface area contributed by atoms with Gasteiger partial charge in [0.2, 0.25) is 11.8 Å². The van der Waals surface area contributed by atoms with E-state index in [1.807, 2.05) is 60.7 Å². The number of ether oxygens (including phenoxy) is 2. The van der Waals surface area contributed by atoms with Crippen LogP contribution >= 0.6 is 0 Å². The van der Waals surface area contributed by atoms with E-state index < -0.39 is 16.8 Å². The predicted molar refractivity (Wildman–Crippen MR) is 145 cm³/mol. The highest BCUT2D eigenvalue weighted by molar-refractivity contribution is 6.23. The summed E-state index contributed by atoms with van der Waals surface area (Å²) in [6, 6.07) is 20.0. The molecule has 1 heterocycles. The number of fused-ring (bicyclic) bond motifs is 5. The van der Waals surface area contributed by atoms with E-state index in [2.05, 4.69) is 0 Å². The molecule has 3 aromatic carbocycles. The standard InChI is InChI=1S/C31H26N2O6/c1-17-4-9-20(16-25(17)33(36)37)32-30(34)28-23-14-15-24(29(28)31(32)35)27(23)26(18-5-10-21(38-2)11-6-18)19-7-12-22(39-3)13-8-19/h4-16,23-24,28-29H,1-3H3/t23-,24-,28+,29+/m1/s1. The Morgan fingerprint density at radius 2 is 1.28 bits per heavy atom. The number of anilines is 1. The Morgan fingerprint density at radius 3 is 1.72 bits per heavy atom. The highest BCUT2D eigenvalue weighted by Gasteiger charge is 2.62. The summed E-state index contributed by atoms with van der Waals surface area (Å²) in [4.78, 5) is 39.8. The van der Waals surface area contributed by atoms with Crippen molar-refractivity contribution < 1.29 is 24.0 Å². The van der Waals surface area contributed by atoms with E-state index in [1.165, 1.54) is 6.07 Å². The van der Waals surface area contributed by atoms with Gasteiger partial charge in [-0.05, 0) is 59.5 Å². The summed E-state index contributed by atoms with van der Waals surface area (Å²) >= 11 is 0. The Morgan fingerprint density at radius 1 is 0.795 bits per heavy atom. The number of carbonyl (C=O) groups excluding carboxylic acids is 2. The Bertz CT molecular complexity index is 1490. The first kappa shape index (κ1) is 24.6. The van der Waals surface area contributed by atoms with E-state index in [-0.39, 0.29) is 35.0 Å². The van der Waals surface area contributed by atoms with E-state index in [0.29, 0.717) is 5.56 Å². The van der Waals surface area contributed by atoms with Crippen LogP contribution in [0.3, 0.4) is 0 Å². The Kier molecular flexibility index (Phi) is 5.83. The zero-order chi connectivity index (χ0) is 27.4. The summed E-state index contributed by atoms with van der Waals surface area (Å²) in [7, 11) is 3.23. The van der Waals surface area contributed by atoms with Gasteiger partial charge < -0.3 is 9.47 Å². The Balaban J connectivity index is 1.46. The van der Waals surface area contributed by atoms with Gasteiger partial charge in [-0.3, -0.25) is 19.7 Å². The normalized spacial score (nSPS) is 22.8. The van der Waals surface area contributed by atoms with Gasteiger partial charge in [0, 0.05) is 23.5 Å². The van der Waals surface area contributed by atoms with Crippen molar-refractivity contribution in [3.05, 3.63) is 111 Å². The number of aryl methyl sites for hydroxylation is 1. The van der Waals surface area contributed by atoms with Gasteiger partial charge in [-0.25, -0.2) is 4.90 Å². The SMILES string of the molecule is COc1ccc(C(=C2[C@H]3C=C[C@H]2[C@@H]2C(=O)N(c4ccc(C)c([N+](=O)[O-])c4)C(=O)[C@H]23)c2ccc(OC)cc2)cc1. The third kappa shape index (κ3) is 3.74. The third-order valence-corrected chi connectivity index (χ3v) is 8.11. The first-order chi connectivity index (χ1) is 18.8. The lowest BCUT2D eigenvalue weighted by Crippen LogP contribution is -2.33. The van der Waals surface area contributed by atoms with Crippen molar-refractivity contribution in [2.75, 3.05) is 19.1 Å². The molecule has 0 radical (unpaired) electrons. The van der Waals surface area contributed by atoms with Gasteiger partial charge in [-0.15, -0.1) is 0 Å². The molecule has 3 aliphatic rings. The number of methoxy groups -OCH3 is 2. The van der Waals surface area contributed by atoms with Crippen molar-refractivity contribution in [2.24, 2.45) is 23.7 Å². The number of nitrogens with zero attached hydrogens (tertiary/aromatic N) is 2. The first-order valence-corrected chi connectivity index (χ1v) is 12.7. The average Bonchev–Trinajstić information content (AvgIpc) is 3.58. The van der Waals surface area contributed by atoms with Crippen molar-refractivity contribution in [1.29, 1.82) is 0 Å². The second-order valence-corrected chi connectivity index (χ2v) is 10.0. The number of carbonyl (C=O) groups is 2. The molecule has 0 aromatic heterocycles. The number of nitro groups is 1. The van der Waals surface area contributed by atoms with E-state index in [4.69, 9.17) is 9.47 Å². The molecule has 39 heavy (non-hydrogen) atoms. The molecule has 0 unspecified atom stereocenters. The lowest BCUT2D eigenvalue weighted by molar-refractivity contribution is -0.385. The minimum atomic E-state index is -0.561. The van der Waals surface area contributed by atoms with Crippen LogP contribution in [0.4, 0.5) is 11.4 Å². The summed E-state index contributed by atoms with van der Waals surface area (Å²) in [5.41, 5.74) is 4.53. The van der Waals surface area contributed by atoms with Crippen molar-refractivity contribution in [1.82, 2.24) is 0 Å². The summed E-state index contributed by atoms with van der Waals surface area (Å²) in [5, 5.41) is 11.5. The molecule has 2 fully saturated rings. The molecule has 8 nitrogen and oxygen atoms in total. The van der Waals surface area contributed by atoms with Crippen LogP contribution in [0, 0.1) is 40.7 Å². The molecule has 1 aliphatic heterocycles. The fraction of sp³-hybridized carbons (Fsp3) is 0.226. The average molecular weight is 523 g/mol. The van der Waals surface area contributed by atoms with Crippen molar-refractivity contribution in [3.63, 3.8) is 0 Å². The van der Waals surface area contributed by atoms with Crippen LogP contribution in [0.25, 0.3) is 5.57 Å². The third-order valence-electron chi connectivity index (χ3n) is 8.11. The molecule has 1 saturated carbocycles. The molecule has 2 bridgehead atoms. The molecular formula is C31H26N2O6. The summed E-state index contributed by atoms with van der Waals surface area (Å²) in [6.07, 6.45) is 4.06. The lowest BCUT2D eigenvalue weighted by Gasteiger charge is -2.22. The maximum Gasteiger partial charge on any atom is 0.274 e. The predicted octanol–water partition coefficient (Wildman–Crippen LogP) is 5.34. The van der Waals surface area contributed by atoms with Gasteiger partial charge in [-0.2, -0.15) is 0 Å². The van der Waals surface area contributed by atoms with Gasteiger partial charge >= 0.3 is 0 Å². The van der Waals surface area contributed by atoms with Crippen LogP contribution in [-0.2, 0) is 9.59 Å². The van der Waals surface area contributed by atoms with Crippen LogP contribution in [-0.4, -0.2) is 31.0 Å². The smallest absolute Gasteiger partial charge is 0.274 e. The maximum atomic E-state index is 13.8.